The third-order valence-electron chi connectivity index (χ3n) is 2.68. The minimum atomic E-state index is -0.392. The molecule has 1 aliphatic rings. The second-order valence-electron chi connectivity index (χ2n) is 4.02. The average molecular weight is 292 g/mol. The van der Waals surface area contributed by atoms with Crippen LogP contribution in [0.4, 0.5) is 5.69 Å². The number of carbonyl (C=O) groups is 1. The molecular formula is C13H10ClN3O3. The molecule has 2 aromatic rings. The molecule has 6 nitrogen and oxygen atoms in total. The third kappa shape index (κ3) is 2.50. The smallest absolute Gasteiger partial charge is 0.275 e. The molecule has 2 heterocycles. The first-order chi connectivity index (χ1) is 9.74. The van der Waals surface area contributed by atoms with Crippen molar-refractivity contribution in [1.82, 2.24) is 9.97 Å². The molecule has 7 heteroatoms. The van der Waals surface area contributed by atoms with Crippen molar-refractivity contribution in [2.75, 3.05) is 18.5 Å². The highest BCUT2D eigenvalue weighted by molar-refractivity contribution is 6.34. The number of fused-ring (bicyclic) bond motifs is 1. The maximum atomic E-state index is 12.0. The Morgan fingerprint density at radius 1 is 1.20 bits per heavy atom. The normalized spacial score (nSPS) is 12.8. The van der Waals surface area contributed by atoms with Gasteiger partial charge in [-0.05, 0) is 0 Å². The first kappa shape index (κ1) is 12.7. The summed E-state index contributed by atoms with van der Waals surface area (Å²) in [4.78, 5) is 19.7. The molecule has 0 unspecified atom stereocenters. The van der Waals surface area contributed by atoms with Crippen molar-refractivity contribution in [3.63, 3.8) is 0 Å². The Labute approximate surface area is 119 Å². The van der Waals surface area contributed by atoms with Crippen LogP contribution in [-0.2, 0) is 0 Å². The SMILES string of the molecule is O=C(Nc1cc2c(cc1Cl)OCCO2)c1cnccn1. The minimum absolute atomic E-state index is 0.207. The molecule has 102 valence electrons. The first-order valence-corrected chi connectivity index (χ1v) is 6.28. The zero-order chi connectivity index (χ0) is 13.9. The fourth-order valence-electron chi connectivity index (χ4n) is 1.76. The molecule has 3 rings (SSSR count). The second kappa shape index (κ2) is 5.34. The first-order valence-electron chi connectivity index (χ1n) is 5.90. The van der Waals surface area contributed by atoms with Gasteiger partial charge in [0.15, 0.2) is 11.5 Å². The van der Waals surface area contributed by atoms with Gasteiger partial charge in [-0.25, -0.2) is 4.98 Å². The maximum Gasteiger partial charge on any atom is 0.275 e. The predicted octanol–water partition coefficient (Wildman–Crippen LogP) is 2.15. The summed E-state index contributed by atoms with van der Waals surface area (Å²) in [5.41, 5.74) is 0.644. The van der Waals surface area contributed by atoms with Crippen LogP contribution in [0.5, 0.6) is 11.5 Å². The molecule has 1 N–H and O–H groups in total. The maximum absolute atomic E-state index is 12.0. The minimum Gasteiger partial charge on any atom is -0.486 e. The van der Waals surface area contributed by atoms with Crippen LogP contribution in [0.25, 0.3) is 0 Å². The van der Waals surface area contributed by atoms with Gasteiger partial charge in [0, 0.05) is 24.5 Å². The van der Waals surface area contributed by atoms with E-state index in [9.17, 15) is 4.79 Å². The predicted molar refractivity (Wildman–Crippen MR) is 72.4 cm³/mol. The number of aromatic nitrogens is 2. The third-order valence-corrected chi connectivity index (χ3v) is 2.99. The van der Waals surface area contributed by atoms with Gasteiger partial charge in [0.1, 0.15) is 18.9 Å². The number of rotatable bonds is 2. The van der Waals surface area contributed by atoms with E-state index in [-0.39, 0.29) is 5.69 Å². The molecule has 1 aliphatic heterocycles. The lowest BCUT2D eigenvalue weighted by molar-refractivity contribution is 0.102. The standard InChI is InChI=1S/C13H10ClN3O3/c14-8-5-11-12(20-4-3-19-11)6-9(8)17-13(18)10-7-15-1-2-16-10/h1-2,5-7H,3-4H2,(H,17,18). The topological polar surface area (TPSA) is 73.3 Å². The lowest BCUT2D eigenvalue weighted by atomic mass is 10.2. The lowest BCUT2D eigenvalue weighted by Crippen LogP contribution is -2.17. The fourth-order valence-corrected chi connectivity index (χ4v) is 1.96. The molecule has 0 radical (unpaired) electrons. The van der Waals surface area contributed by atoms with E-state index in [0.717, 1.165) is 0 Å². The van der Waals surface area contributed by atoms with Crippen LogP contribution < -0.4 is 14.8 Å². The van der Waals surface area contributed by atoms with E-state index < -0.39 is 5.91 Å². The molecule has 1 aromatic heterocycles. The lowest BCUT2D eigenvalue weighted by Gasteiger charge is -2.19. The quantitative estimate of drug-likeness (QED) is 0.918. The monoisotopic (exact) mass is 291 g/mol. The van der Waals surface area contributed by atoms with E-state index in [1.54, 1.807) is 12.1 Å². The van der Waals surface area contributed by atoms with E-state index >= 15 is 0 Å². The van der Waals surface area contributed by atoms with Crippen molar-refractivity contribution in [2.45, 2.75) is 0 Å². The molecule has 0 saturated heterocycles. The van der Waals surface area contributed by atoms with Gasteiger partial charge >= 0.3 is 0 Å². The Morgan fingerprint density at radius 3 is 2.65 bits per heavy atom. The Balaban J connectivity index is 1.86. The average Bonchev–Trinajstić information content (AvgIpc) is 2.49. The van der Waals surface area contributed by atoms with Crippen LogP contribution in [0.3, 0.4) is 0 Å². The number of carbonyl (C=O) groups excluding carboxylic acids is 1. The van der Waals surface area contributed by atoms with Crippen LogP contribution in [0.2, 0.25) is 5.02 Å². The van der Waals surface area contributed by atoms with Crippen LogP contribution in [0.15, 0.2) is 30.7 Å². The van der Waals surface area contributed by atoms with E-state index in [1.807, 2.05) is 0 Å². The molecule has 20 heavy (non-hydrogen) atoms. The van der Waals surface area contributed by atoms with Crippen molar-refractivity contribution in [1.29, 1.82) is 0 Å². The Hall–Kier alpha value is -2.34. The number of nitrogens with one attached hydrogen (secondary N) is 1. The summed E-state index contributed by atoms with van der Waals surface area (Å²) in [5, 5.41) is 3.03. The zero-order valence-electron chi connectivity index (χ0n) is 10.3. The summed E-state index contributed by atoms with van der Waals surface area (Å²) >= 11 is 6.11. The van der Waals surface area contributed by atoms with Gasteiger partial charge in [-0.2, -0.15) is 0 Å². The molecular weight excluding hydrogens is 282 g/mol. The summed E-state index contributed by atoms with van der Waals surface area (Å²) in [6.07, 6.45) is 4.31. The Kier molecular flexibility index (Phi) is 3.39. The Bertz CT molecular complexity index is 649. The van der Waals surface area contributed by atoms with Crippen LogP contribution in [0, 0.1) is 0 Å². The van der Waals surface area contributed by atoms with Crippen molar-refractivity contribution in [3.8, 4) is 11.5 Å². The summed E-state index contributed by atoms with van der Waals surface area (Å²) in [6.45, 7) is 0.945. The Morgan fingerprint density at radius 2 is 1.95 bits per heavy atom. The zero-order valence-corrected chi connectivity index (χ0v) is 11.1. The molecule has 0 bridgehead atoms. The van der Waals surface area contributed by atoms with Gasteiger partial charge in [0.25, 0.3) is 5.91 Å². The molecule has 0 fully saturated rings. The molecule has 0 spiro atoms. The van der Waals surface area contributed by atoms with Crippen molar-refractivity contribution >= 4 is 23.2 Å². The van der Waals surface area contributed by atoms with Gasteiger partial charge in [0.2, 0.25) is 0 Å². The largest absolute Gasteiger partial charge is 0.486 e. The summed E-state index contributed by atoms with van der Waals surface area (Å²) in [7, 11) is 0. The number of amides is 1. The van der Waals surface area contributed by atoms with Gasteiger partial charge in [-0.1, -0.05) is 11.6 Å². The van der Waals surface area contributed by atoms with E-state index in [2.05, 4.69) is 15.3 Å². The number of hydrogen-bond donors (Lipinski definition) is 1. The number of benzene rings is 1. The van der Waals surface area contributed by atoms with Gasteiger partial charge in [-0.3, -0.25) is 9.78 Å². The van der Waals surface area contributed by atoms with Gasteiger partial charge in [-0.15, -0.1) is 0 Å². The number of nitrogens with zero attached hydrogens (tertiary/aromatic N) is 2. The summed E-state index contributed by atoms with van der Waals surface area (Å²) in [6, 6.07) is 3.24. The van der Waals surface area contributed by atoms with E-state index in [0.29, 0.717) is 35.4 Å². The number of ether oxygens (including phenoxy) is 2. The van der Waals surface area contributed by atoms with Crippen LogP contribution in [-0.4, -0.2) is 29.1 Å². The molecule has 0 aliphatic carbocycles. The van der Waals surface area contributed by atoms with E-state index in [1.165, 1.54) is 18.6 Å². The number of anilines is 1. The van der Waals surface area contributed by atoms with E-state index in [4.69, 9.17) is 21.1 Å². The summed E-state index contributed by atoms with van der Waals surface area (Å²) in [5.74, 6) is 0.727. The second-order valence-corrected chi connectivity index (χ2v) is 4.43. The fraction of sp³-hybridized carbons (Fsp3) is 0.154. The van der Waals surface area contributed by atoms with Crippen molar-refractivity contribution in [2.24, 2.45) is 0 Å². The highest BCUT2D eigenvalue weighted by atomic mass is 35.5. The molecule has 1 aromatic carbocycles. The molecule has 0 saturated carbocycles. The number of hydrogen-bond acceptors (Lipinski definition) is 5. The number of halogens is 1. The summed E-state index contributed by atoms with van der Waals surface area (Å²) < 4.78 is 10.8. The van der Waals surface area contributed by atoms with Gasteiger partial charge in [0.05, 0.1) is 16.9 Å². The highest BCUT2D eigenvalue weighted by Gasteiger charge is 2.17. The van der Waals surface area contributed by atoms with Crippen LogP contribution in [0.1, 0.15) is 10.5 Å². The van der Waals surface area contributed by atoms with Crippen molar-refractivity contribution < 1.29 is 14.3 Å². The van der Waals surface area contributed by atoms with Crippen molar-refractivity contribution in [3.05, 3.63) is 41.4 Å². The van der Waals surface area contributed by atoms with Crippen LogP contribution >= 0.6 is 11.6 Å². The highest BCUT2D eigenvalue weighted by Crippen LogP contribution is 2.37. The van der Waals surface area contributed by atoms with Gasteiger partial charge < -0.3 is 14.8 Å². The molecule has 1 amide bonds. The molecule has 0 atom stereocenters.